The van der Waals surface area contributed by atoms with Gasteiger partial charge in [-0.3, -0.25) is 0 Å². The van der Waals surface area contributed by atoms with Crippen LogP contribution >= 0.6 is 0 Å². The summed E-state index contributed by atoms with van der Waals surface area (Å²) in [4.78, 5) is 11.2. The van der Waals surface area contributed by atoms with Crippen LogP contribution in [0.5, 0.6) is 0 Å². The summed E-state index contributed by atoms with van der Waals surface area (Å²) in [5.74, 6) is 2.48. The summed E-state index contributed by atoms with van der Waals surface area (Å²) >= 11 is 0. The van der Waals surface area contributed by atoms with Crippen molar-refractivity contribution < 1.29 is 9.47 Å². The number of nitrogens with zero attached hydrogens (tertiary/aromatic N) is 3. The molecule has 1 aromatic rings. The van der Waals surface area contributed by atoms with E-state index in [1.54, 1.807) is 7.11 Å². The monoisotopic (exact) mass is 296 g/mol. The fourth-order valence-electron chi connectivity index (χ4n) is 1.84. The molecule has 1 aromatic heterocycles. The summed E-state index contributed by atoms with van der Waals surface area (Å²) in [5, 5.41) is 3.32. The second-order valence-corrected chi connectivity index (χ2v) is 4.86. The van der Waals surface area contributed by atoms with Gasteiger partial charge in [-0.25, -0.2) is 9.97 Å². The van der Waals surface area contributed by atoms with Crippen LogP contribution in [0, 0.1) is 0 Å². The number of methoxy groups -OCH3 is 1. The van der Waals surface area contributed by atoms with Gasteiger partial charge in [0.25, 0.3) is 0 Å². The zero-order chi connectivity index (χ0) is 15.5. The van der Waals surface area contributed by atoms with Crippen LogP contribution in [0.15, 0.2) is 6.07 Å². The second-order valence-electron chi connectivity index (χ2n) is 4.86. The average Bonchev–Trinajstić information content (AvgIpc) is 2.50. The molecule has 6 heteroatoms. The minimum Gasteiger partial charge on any atom is -0.385 e. The number of anilines is 2. The first-order valence-corrected chi connectivity index (χ1v) is 7.60. The van der Waals surface area contributed by atoms with E-state index in [0.717, 1.165) is 44.2 Å². The smallest absolute Gasteiger partial charge is 0.158 e. The summed E-state index contributed by atoms with van der Waals surface area (Å²) in [6.07, 6.45) is 2.03. The molecule has 0 radical (unpaired) electrons. The Hall–Kier alpha value is -1.40. The molecule has 0 aliphatic rings. The van der Waals surface area contributed by atoms with Crippen molar-refractivity contribution in [2.75, 3.05) is 50.7 Å². The molecule has 0 fully saturated rings. The fourth-order valence-corrected chi connectivity index (χ4v) is 1.84. The van der Waals surface area contributed by atoms with Crippen LogP contribution in [0.2, 0.25) is 0 Å². The Labute approximate surface area is 127 Å². The Morgan fingerprint density at radius 1 is 1.29 bits per heavy atom. The number of nitrogens with one attached hydrogen (secondary N) is 1. The maximum atomic E-state index is 5.42. The number of hydrogen-bond acceptors (Lipinski definition) is 6. The van der Waals surface area contributed by atoms with E-state index in [4.69, 9.17) is 9.47 Å². The predicted octanol–water partition coefficient (Wildman–Crippen LogP) is 2.31. The standard InChI is InChI=1S/C15H28N4O2/c1-5-8-16-13-11-15(19(3)9-7-10-20-4)18-14(17-13)12-21-6-2/h11H,5-10,12H2,1-4H3,(H,16,17,18). The SMILES string of the molecule is CCCNc1cc(N(C)CCCOC)nc(COCC)n1. The highest BCUT2D eigenvalue weighted by molar-refractivity contribution is 5.48. The Morgan fingerprint density at radius 2 is 2.10 bits per heavy atom. The van der Waals surface area contributed by atoms with Crippen LogP contribution in [0.25, 0.3) is 0 Å². The van der Waals surface area contributed by atoms with Crippen molar-refractivity contribution in [3.05, 3.63) is 11.9 Å². The van der Waals surface area contributed by atoms with Gasteiger partial charge in [-0.2, -0.15) is 0 Å². The van der Waals surface area contributed by atoms with Gasteiger partial charge in [0, 0.05) is 46.5 Å². The maximum absolute atomic E-state index is 5.42. The van der Waals surface area contributed by atoms with Crippen molar-refractivity contribution >= 4 is 11.6 Å². The largest absolute Gasteiger partial charge is 0.385 e. The minimum absolute atomic E-state index is 0.442. The van der Waals surface area contributed by atoms with Gasteiger partial charge in [0.2, 0.25) is 0 Å². The molecule has 0 spiro atoms. The van der Waals surface area contributed by atoms with Gasteiger partial charge >= 0.3 is 0 Å². The zero-order valence-electron chi connectivity index (χ0n) is 13.7. The lowest BCUT2D eigenvalue weighted by molar-refractivity contribution is 0.128. The quantitative estimate of drug-likeness (QED) is 0.632. The van der Waals surface area contributed by atoms with Gasteiger partial charge < -0.3 is 19.7 Å². The lowest BCUT2D eigenvalue weighted by Gasteiger charge is -2.19. The van der Waals surface area contributed by atoms with Gasteiger partial charge in [0.15, 0.2) is 5.82 Å². The van der Waals surface area contributed by atoms with Crippen LogP contribution in [0.3, 0.4) is 0 Å². The van der Waals surface area contributed by atoms with E-state index in [2.05, 4.69) is 27.1 Å². The van der Waals surface area contributed by atoms with Gasteiger partial charge in [-0.1, -0.05) is 6.92 Å². The molecule has 0 amide bonds. The topological polar surface area (TPSA) is 59.5 Å². The van der Waals surface area contributed by atoms with E-state index in [1.165, 1.54) is 0 Å². The summed E-state index contributed by atoms with van der Waals surface area (Å²) in [6, 6.07) is 1.98. The fraction of sp³-hybridized carbons (Fsp3) is 0.733. The lowest BCUT2D eigenvalue weighted by Crippen LogP contribution is -2.22. The molecule has 21 heavy (non-hydrogen) atoms. The highest BCUT2D eigenvalue weighted by Crippen LogP contribution is 2.16. The third-order valence-corrected chi connectivity index (χ3v) is 2.98. The molecule has 1 heterocycles. The van der Waals surface area contributed by atoms with E-state index < -0.39 is 0 Å². The Balaban J connectivity index is 2.78. The van der Waals surface area contributed by atoms with Gasteiger partial charge in [0.05, 0.1) is 0 Å². The van der Waals surface area contributed by atoms with Gasteiger partial charge in [-0.05, 0) is 19.8 Å². The molecule has 0 saturated heterocycles. The van der Waals surface area contributed by atoms with Crippen LogP contribution in [0.1, 0.15) is 32.5 Å². The Bertz CT molecular complexity index is 375. The summed E-state index contributed by atoms with van der Waals surface area (Å²) in [5.41, 5.74) is 0. The first-order valence-electron chi connectivity index (χ1n) is 7.60. The Kier molecular flexibility index (Phi) is 8.69. The predicted molar refractivity (Wildman–Crippen MR) is 85.9 cm³/mol. The van der Waals surface area contributed by atoms with E-state index in [0.29, 0.717) is 19.0 Å². The molecule has 0 saturated carbocycles. The molecule has 6 nitrogen and oxygen atoms in total. The molecule has 1 N–H and O–H groups in total. The molecule has 0 aliphatic heterocycles. The lowest BCUT2D eigenvalue weighted by atomic mass is 10.3. The zero-order valence-corrected chi connectivity index (χ0v) is 13.7. The highest BCUT2D eigenvalue weighted by atomic mass is 16.5. The molecule has 0 aliphatic carbocycles. The van der Waals surface area contributed by atoms with Gasteiger partial charge in [0.1, 0.15) is 18.2 Å². The number of aromatic nitrogens is 2. The normalized spacial score (nSPS) is 10.7. The molecule has 0 unspecified atom stereocenters. The highest BCUT2D eigenvalue weighted by Gasteiger charge is 2.08. The first-order chi connectivity index (χ1) is 10.2. The number of ether oxygens (including phenoxy) is 2. The number of rotatable bonds is 11. The van der Waals surface area contributed by atoms with Gasteiger partial charge in [-0.15, -0.1) is 0 Å². The summed E-state index contributed by atoms with van der Waals surface area (Å²) in [6.45, 7) is 7.75. The maximum Gasteiger partial charge on any atom is 0.158 e. The van der Waals surface area contributed by atoms with Crippen molar-refractivity contribution in [1.29, 1.82) is 0 Å². The van der Waals surface area contributed by atoms with Crippen LogP contribution in [0.4, 0.5) is 11.6 Å². The second kappa shape index (κ2) is 10.3. The van der Waals surface area contributed by atoms with Crippen molar-refractivity contribution in [2.24, 2.45) is 0 Å². The number of hydrogen-bond donors (Lipinski definition) is 1. The summed E-state index contributed by atoms with van der Waals surface area (Å²) in [7, 11) is 3.75. The third-order valence-electron chi connectivity index (χ3n) is 2.98. The Morgan fingerprint density at radius 3 is 2.76 bits per heavy atom. The van der Waals surface area contributed by atoms with Crippen molar-refractivity contribution in [2.45, 2.75) is 33.3 Å². The molecular weight excluding hydrogens is 268 g/mol. The molecule has 0 bridgehead atoms. The van der Waals surface area contributed by atoms with Crippen LogP contribution in [-0.2, 0) is 16.1 Å². The summed E-state index contributed by atoms with van der Waals surface area (Å²) < 4.78 is 10.5. The van der Waals surface area contributed by atoms with Crippen molar-refractivity contribution in [3.63, 3.8) is 0 Å². The average molecular weight is 296 g/mol. The molecule has 0 atom stereocenters. The minimum atomic E-state index is 0.442. The van der Waals surface area contributed by atoms with E-state index in [9.17, 15) is 0 Å². The van der Waals surface area contributed by atoms with E-state index in [1.807, 2.05) is 20.0 Å². The van der Waals surface area contributed by atoms with E-state index >= 15 is 0 Å². The van der Waals surface area contributed by atoms with E-state index in [-0.39, 0.29) is 0 Å². The van der Waals surface area contributed by atoms with Crippen molar-refractivity contribution in [1.82, 2.24) is 9.97 Å². The van der Waals surface area contributed by atoms with Crippen LogP contribution in [-0.4, -0.2) is 50.4 Å². The van der Waals surface area contributed by atoms with Crippen LogP contribution < -0.4 is 10.2 Å². The molecule has 0 aromatic carbocycles. The first kappa shape index (κ1) is 17.7. The van der Waals surface area contributed by atoms with Crippen molar-refractivity contribution in [3.8, 4) is 0 Å². The molecule has 120 valence electrons. The third kappa shape index (κ3) is 6.73. The molecule has 1 rings (SSSR count). The molecular formula is C15H28N4O2.